The lowest BCUT2D eigenvalue weighted by Crippen LogP contribution is -2.37. The topological polar surface area (TPSA) is 52.7 Å². The van der Waals surface area contributed by atoms with Crippen molar-refractivity contribution in [2.24, 2.45) is 0 Å². The fourth-order valence-corrected chi connectivity index (χ4v) is 3.23. The van der Waals surface area contributed by atoms with E-state index in [4.69, 9.17) is 0 Å². The van der Waals surface area contributed by atoms with Crippen molar-refractivity contribution in [1.29, 1.82) is 0 Å². The van der Waals surface area contributed by atoms with E-state index in [1.54, 1.807) is 6.07 Å². The molecule has 5 nitrogen and oxygen atoms in total. The number of urea groups is 1. The Labute approximate surface area is 157 Å². The number of hydrogen-bond donors (Lipinski definition) is 1. The number of halogens is 3. The van der Waals surface area contributed by atoms with Gasteiger partial charge >= 0.3 is 6.03 Å². The van der Waals surface area contributed by atoms with Crippen molar-refractivity contribution in [3.8, 4) is 0 Å². The van der Waals surface area contributed by atoms with Gasteiger partial charge in [-0.2, -0.15) is 0 Å². The molecular formula is C18H16BrF2N3O2. The van der Waals surface area contributed by atoms with Gasteiger partial charge in [0.2, 0.25) is 5.91 Å². The summed E-state index contributed by atoms with van der Waals surface area (Å²) in [7, 11) is 0. The van der Waals surface area contributed by atoms with Crippen molar-refractivity contribution < 1.29 is 18.4 Å². The number of carbonyl (C=O) groups is 2. The zero-order chi connectivity index (χ0) is 18.8. The molecule has 0 aliphatic carbocycles. The van der Waals surface area contributed by atoms with Crippen LogP contribution in [0.4, 0.5) is 25.0 Å². The van der Waals surface area contributed by atoms with E-state index >= 15 is 0 Å². The number of nitrogens with one attached hydrogen (secondary N) is 1. The number of aryl methyl sites for hydroxylation is 1. The lowest BCUT2D eigenvalue weighted by molar-refractivity contribution is -0.116. The van der Waals surface area contributed by atoms with Crippen molar-refractivity contribution in [3.05, 3.63) is 58.1 Å². The van der Waals surface area contributed by atoms with Gasteiger partial charge < -0.3 is 10.2 Å². The highest BCUT2D eigenvalue weighted by Gasteiger charge is 2.31. The van der Waals surface area contributed by atoms with Crippen LogP contribution in [0.25, 0.3) is 0 Å². The van der Waals surface area contributed by atoms with E-state index in [2.05, 4.69) is 21.2 Å². The van der Waals surface area contributed by atoms with Gasteiger partial charge in [-0.1, -0.05) is 15.9 Å². The van der Waals surface area contributed by atoms with Gasteiger partial charge in [0, 0.05) is 35.0 Å². The van der Waals surface area contributed by atoms with E-state index in [0.29, 0.717) is 18.8 Å². The molecule has 3 rings (SSSR count). The summed E-state index contributed by atoms with van der Waals surface area (Å²) in [5, 5.41) is 2.77. The number of benzene rings is 2. The van der Waals surface area contributed by atoms with Gasteiger partial charge in [0.15, 0.2) is 11.6 Å². The maximum Gasteiger partial charge on any atom is 0.325 e. The molecule has 0 spiro atoms. The third-order valence-corrected chi connectivity index (χ3v) is 4.60. The average Bonchev–Trinajstić information content (AvgIpc) is 2.93. The van der Waals surface area contributed by atoms with E-state index in [9.17, 15) is 18.4 Å². The van der Waals surface area contributed by atoms with Gasteiger partial charge in [-0.3, -0.25) is 9.69 Å². The molecule has 26 heavy (non-hydrogen) atoms. The summed E-state index contributed by atoms with van der Waals surface area (Å²) in [5.41, 5.74) is 1.83. The molecule has 2 aromatic rings. The number of anilines is 2. The zero-order valence-electron chi connectivity index (χ0n) is 13.9. The molecule has 3 amide bonds. The Hall–Kier alpha value is -2.48. The minimum Gasteiger partial charge on any atom is -0.324 e. The molecular weight excluding hydrogens is 408 g/mol. The third-order valence-electron chi connectivity index (χ3n) is 4.11. The highest BCUT2D eigenvalue weighted by Crippen LogP contribution is 2.23. The summed E-state index contributed by atoms with van der Waals surface area (Å²) >= 11 is 3.36. The summed E-state index contributed by atoms with van der Waals surface area (Å²) < 4.78 is 27.3. The maximum absolute atomic E-state index is 13.4. The van der Waals surface area contributed by atoms with Gasteiger partial charge in [0.1, 0.15) is 6.54 Å². The largest absolute Gasteiger partial charge is 0.325 e. The molecule has 1 fully saturated rings. The summed E-state index contributed by atoms with van der Waals surface area (Å²) in [6.07, 6.45) is 0. The molecule has 1 aliphatic rings. The molecule has 1 N–H and O–H groups in total. The Morgan fingerprint density at radius 2 is 1.92 bits per heavy atom. The molecule has 8 heteroatoms. The van der Waals surface area contributed by atoms with Crippen LogP contribution in [0.3, 0.4) is 0 Å². The predicted octanol–water partition coefficient (Wildman–Crippen LogP) is 3.92. The van der Waals surface area contributed by atoms with Crippen molar-refractivity contribution in [1.82, 2.24) is 4.90 Å². The maximum atomic E-state index is 13.4. The SMILES string of the molecule is Cc1cc(Br)ccc1NC(=O)CN1CCN(c2ccc(F)c(F)c2)C1=O. The van der Waals surface area contributed by atoms with Crippen molar-refractivity contribution in [3.63, 3.8) is 0 Å². The van der Waals surface area contributed by atoms with Crippen LogP contribution in [0, 0.1) is 18.6 Å². The molecule has 1 heterocycles. The Morgan fingerprint density at radius 1 is 1.15 bits per heavy atom. The number of rotatable bonds is 4. The fourth-order valence-electron chi connectivity index (χ4n) is 2.75. The van der Waals surface area contributed by atoms with E-state index < -0.39 is 17.7 Å². The van der Waals surface area contributed by atoms with Crippen LogP contribution in [0.1, 0.15) is 5.56 Å². The molecule has 0 saturated carbocycles. The number of hydrogen-bond acceptors (Lipinski definition) is 2. The molecule has 136 valence electrons. The van der Waals surface area contributed by atoms with E-state index in [1.165, 1.54) is 15.9 Å². The van der Waals surface area contributed by atoms with Gasteiger partial charge in [0.05, 0.1) is 0 Å². The third kappa shape index (κ3) is 3.85. The van der Waals surface area contributed by atoms with Crippen LogP contribution in [0.5, 0.6) is 0 Å². The smallest absolute Gasteiger partial charge is 0.324 e. The lowest BCUT2D eigenvalue weighted by Gasteiger charge is -2.19. The van der Waals surface area contributed by atoms with Gasteiger partial charge in [-0.05, 0) is 42.8 Å². The fraction of sp³-hybridized carbons (Fsp3) is 0.222. The summed E-state index contributed by atoms with van der Waals surface area (Å²) in [4.78, 5) is 27.4. The Kier molecular flexibility index (Phi) is 5.22. The molecule has 0 radical (unpaired) electrons. The van der Waals surface area contributed by atoms with Crippen LogP contribution >= 0.6 is 15.9 Å². The number of nitrogens with zero attached hydrogens (tertiary/aromatic N) is 2. The van der Waals surface area contributed by atoms with E-state index in [-0.39, 0.29) is 18.1 Å². The van der Waals surface area contributed by atoms with Crippen molar-refractivity contribution in [2.75, 3.05) is 29.9 Å². The molecule has 2 aromatic carbocycles. The Balaban J connectivity index is 1.64. The molecule has 1 saturated heterocycles. The number of amides is 3. The second-order valence-corrected chi connectivity index (χ2v) is 6.88. The highest BCUT2D eigenvalue weighted by molar-refractivity contribution is 9.10. The second kappa shape index (κ2) is 7.41. The monoisotopic (exact) mass is 423 g/mol. The first-order valence-electron chi connectivity index (χ1n) is 7.92. The highest BCUT2D eigenvalue weighted by atomic mass is 79.9. The van der Waals surface area contributed by atoms with Crippen LogP contribution in [0.2, 0.25) is 0 Å². The molecule has 0 bridgehead atoms. The van der Waals surface area contributed by atoms with Gasteiger partial charge in [-0.15, -0.1) is 0 Å². The quantitative estimate of drug-likeness (QED) is 0.809. The normalized spacial score (nSPS) is 14.1. The molecule has 0 aromatic heterocycles. The first-order chi connectivity index (χ1) is 12.3. The Bertz CT molecular complexity index is 876. The molecule has 1 aliphatic heterocycles. The van der Waals surface area contributed by atoms with E-state index in [0.717, 1.165) is 22.2 Å². The van der Waals surface area contributed by atoms with Gasteiger partial charge in [0.25, 0.3) is 0 Å². The van der Waals surface area contributed by atoms with E-state index in [1.807, 2.05) is 19.1 Å². The second-order valence-electron chi connectivity index (χ2n) is 5.96. The minimum atomic E-state index is -1.02. The summed E-state index contributed by atoms with van der Waals surface area (Å²) in [5.74, 6) is -2.31. The van der Waals surface area contributed by atoms with Crippen LogP contribution in [0.15, 0.2) is 40.9 Å². The van der Waals surface area contributed by atoms with Crippen LogP contribution in [-0.2, 0) is 4.79 Å². The zero-order valence-corrected chi connectivity index (χ0v) is 15.5. The first kappa shape index (κ1) is 18.3. The number of carbonyl (C=O) groups excluding carboxylic acids is 2. The predicted molar refractivity (Wildman–Crippen MR) is 98.2 cm³/mol. The van der Waals surface area contributed by atoms with Crippen molar-refractivity contribution >= 4 is 39.2 Å². The minimum absolute atomic E-state index is 0.117. The summed E-state index contributed by atoms with van der Waals surface area (Å²) in [6.45, 7) is 2.37. The average molecular weight is 424 g/mol. The summed E-state index contributed by atoms with van der Waals surface area (Å²) in [6, 6.07) is 8.34. The van der Waals surface area contributed by atoms with Crippen LogP contribution < -0.4 is 10.2 Å². The van der Waals surface area contributed by atoms with Gasteiger partial charge in [-0.25, -0.2) is 13.6 Å². The van der Waals surface area contributed by atoms with Crippen molar-refractivity contribution in [2.45, 2.75) is 6.92 Å². The van der Waals surface area contributed by atoms with Crippen LogP contribution in [-0.4, -0.2) is 36.5 Å². The molecule has 0 unspecified atom stereocenters. The first-order valence-corrected chi connectivity index (χ1v) is 8.72. The Morgan fingerprint density at radius 3 is 2.62 bits per heavy atom. The lowest BCUT2D eigenvalue weighted by atomic mass is 10.2. The standard InChI is InChI=1S/C18H16BrF2N3O2/c1-11-8-12(19)2-5-16(11)22-17(25)10-23-6-7-24(18(23)26)13-3-4-14(20)15(21)9-13/h2-5,8-9H,6-7,10H2,1H3,(H,22,25). The molecule has 0 atom stereocenters.